The molecule has 0 spiro atoms. The van der Waals surface area contributed by atoms with E-state index in [0.29, 0.717) is 5.82 Å². The minimum absolute atomic E-state index is 0.717. The average molecular weight is 702 g/mol. The Morgan fingerprint density at radius 1 is 0.415 bits per heavy atom. The summed E-state index contributed by atoms with van der Waals surface area (Å²) < 4.78 is 13.3. The van der Waals surface area contributed by atoms with Gasteiger partial charge in [-0.3, -0.25) is 9.88 Å². The second-order valence-electron chi connectivity index (χ2n) is 12.9. The van der Waals surface area contributed by atoms with Gasteiger partial charge in [-0.05, 0) is 78.9 Å². The van der Waals surface area contributed by atoms with Gasteiger partial charge >= 0.3 is 0 Å². The Balaban J connectivity index is 1.04. The number of nitrogens with zero attached hydrogens (tertiary/aromatic N) is 5. The molecule has 0 aliphatic heterocycles. The van der Waals surface area contributed by atoms with Crippen LogP contribution in [0.4, 0.5) is 34.3 Å². The van der Waals surface area contributed by atoms with E-state index in [-0.39, 0.29) is 0 Å². The monoisotopic (exact) mass is 701 g/mol. The van der Waals surface area contributed by atoms with E-state index in [4.69, 9.17) is 23.8 Å². The maximum absolute atomic E-state index is 6.15. The summed E-state index contributed by atoms with van der Waals surface area (Å²) in [7, 11) is 0. The Kier molecular flexibility index (Phi) is 6.59. The minimum Gasteiger partial charge on any atom is -0.456 e. The molecule has 0 radical (unpaired) electrons. The van der Waals surface area contributed by atoms with Crippen molar-refractivity contribution in [2.24, 2.45) is 0 Å². The molecule has 250 valence electrons. The molecule has 11 rings (SSSR count). The van der Waals surface area contributed by atoms with Gasteiger partial charge in [-0.15, -0.1) is 11.3 Å². The van der Waals surface area contributed by atoms with Crippen molar-refractivity contribution in [3.05, 3.63) is 164 Å². The molecule has 0 aliphatic carbocycles. The molecule has 53 heavy (non-hydrogen) atoms. The highest BCUT2D eigenvalue weighted by molar-refractivity contribution is 7.25. The molecular formula is C45H27N5O2S. The smallest absolute Gasteiger partial charge is 0.157 e. The quantitative estimate of drug-likeness (QED) is 0.171. The van der Waals surface area contributed by atoms with Crippen molar-refractivity contribution in [1.29, 1.82) is 0 Å². The summed E-state index contributed by atoms with van der Waals surface area (Å²) in [6.07, 6.45) is 3.77. The number of hydrogen-bond acceptors (Lipinski definition) is 8. The molecule has 11 aromatic rings. The number of benzene rings is 6. The van der Waals surface area contributed by atoms with Gasteiger partial charge in [0, 0.05) is 44.3 Å². The third kappa shape index (κ3) is 4.84. The lowest BCUT2D eigenvalue weighted by Gasteiger charge is -2.25. The third-order valence-electron chi connectivity index (χ3n) is 9.75. The van der Waals surface area contributed by atoms with Gasteiger partial charge < -0.3 is 13.7 Å². The molecule has 0 saturated heterocycles. The number of pyridine rings is 1. The first-order valence-corrected chi connectivity index (χ1v) is 18.2. The summed E-state index contributed by atoms with van der Waals surface area (Å²) in [5, 5.41) is 4.28. The second-order valence-corrected chi connectivity index (χ2v) is 14.0. The van der Waals surface area contributed by atoms with E-state index in [9.17, 15) is 0 Å². The Hall–Kier alpha value is -7.03. The number of hydrogen-bond donors (Lipinski definition) is 0. The van der Waals surface area contributed by atoms with Gasteiger partial charge in [0.2, 0.25) is 0 Å². The van der Waals surface area contributed by atoms with Crippen LogP contribution in [-0.2, 0) is 0 Å². The van der Waals surface area contributed by atoms with Crippen LogP contribution >= 0.6 is 11.3 Å². The zero-order valence-corrected chi connectivity index (χ0v) is 28.9. The normalized spacial score (nSPS) is 11.8. The van der Waals surface area contributed by atoms with E-state index >= 15 is 0 Å². The maximum atomic E-state index is 6.15. The highest BCUT2D eigenvalue weighted by Crippen LogP contribution is 2.42. The first kappa shape index (κ1) is 29.7. The molecule has 0 unspecified atom stereocenters. The van der Waals surface area contributed by atoms with Gasteiger partial charge in [-0.25, -0.2) is 9.97 Å². The molecule has 7 nitrogen and oxygen atoms in total. The lowest BCUT2D eigenvalue weighted by atomic mass is 10.1. The second kappa shape index (κ2) is 11.8. The number of fused-ring (bicyclic) bond motifs is 9. The summed E-state index contributed by atoms with van der Waals surface area (Å²) >= 11 is 1.60. The van der Waals surface area contributed by atoms with Crippen LogP contribution in [0, 0.1) is 0 Å². The van der Waals surface area contributed by atoms with Gasteiger partial charge in [0.15, 0.2) is 5.82 Å². The summed E-state index contributed by atoms with van der Waals surface area (Å²) in [5.74, 6) is 0.717. The number of furan rings is 2. The van der Waals surface area contributed by atoms with Crippen LogP contribution in [0.5, 0.6) is 0 Å². The Bertz CT molecular complexity index is 2940. The van der Waals surface area contributed by atoms with Crippen molar-refractivity contribution in [1.82, 2.24) is 15.0 Å². The molecule has 6 aromatic carbocycles. The van der Waals surface area contributed by atoms with Gasteiger partial charge in [-0.2, -0.15) is 0 Å². The van der Waals surface area contributed by atoms with Crippen LogP contribution in [0.25, 0.3) is 64.4 Å². The molecule has 0 amide bonds. The maximum Gasteiger partial charge on any atom is 0.157 e. The molecule has 0 bridgehead atoms. The first-order chi connectivity index (χ1) is 26.2. The molecule has 8 heteroatoms. The van der Waals surface area contributed by atoms with Crippen molar-refractivity contribution in [2.75, 3.05) is 9.80 Å². The first-order valence-electron chi connectivity index (χ1n) is 17.3. The molecular weight excluding hydrogens is 675 g/mol. The fraction of sp³-hybridized carbons (Fsp3) is 0. The van der Waals surface area contributed by atoms with Crippen LogP contribution in [0.15, 0.2) is 173 Å². The lowest BCUT2D eigenvalue weighted by molar-refractivity contribution is 0.668. The largest absolute Gasteiger partial charge is 0.456 e. The van der Waals surface area contributed by atoms with Crippen molar-refractivity contribution in [3.8, 4) is 0 Å². The number of rotatable bonds is 6. The van der Waals surface area contributed by atoms with E-state index in [2.05, 4.69) is 88.7 Å². The molecule has 0 aliphatic rings. The van der Waals surface area contributed by atoms with Crippen LogP contribution in [0.1, 0.15) is 0 Å². The van der Waals surface area contributed by atoms with Gasteiger partial charge in [0.1, 0.15) is 38.2 Å². The zero-order chi connectivity index (χ0) is 34.9. The highest BCUT2D eigenvalue weighted by Gasteiger charge is 2.21. The zero-order valence-electron chi connectivity index (χ0n) is 28.0. The van der Waals surface area contributed by atoms with Crippen LogP contribution in [0.3, 0.4) is 0 Å². The summed E-state index contributed by atoms with van der Waals surface area (Å²) in [6, 6.07) is 51.7. The van der Waals surface area contributed by atoms with Gasteiger partial charge in [0.25, 0.3) is 0 Å². The van der Waals surface area contributed by atoms with Crippen molar-refractivity contribution < 1.29 is 8.83 Å². The van der Waals surface area contributed by atoms with Crippen LogP contribution in [-0.4, -0.2) is 15.0 Å². The lowest BCUT2D eigenvalue weighted by Crippen LogP contribution is -2.11. The number of aromatic nitrogens is 3. The van der Waals surface area contributed by atoms with Crippen molar-refractivity contribution in [3.63, 3.8) is 0 Å². The molecule has 0 N–H and O–H groups in total. The Morgan fingerprint density at radius 3 is 1.58 bits per heavy atom. The van der Waals surface area contributed by atoms with Gasteiger partial charge in [-0.1, -0.05) is 72.8 Å². The fourth-order valence-corrected chi connectivity index (χ4v) is 8.36. The number of thiophene rings is 1. The molecule has 0 atom stereocenters. The Morgan fingerprint density at radius 2 is 0.943 bits per heavy atom. The predicted octanol–water partition coefficient (Wildman–Crippen LogP) is 13.0. The average Bonchev–Trinajstić information content (AvgIpc) is 3.89. The summed E-state index contributed by atoms with van der Waals surface area (Å²) in [4.78, 5) is 20.4. The molecule has 0 fully saturated rings. The molecule has 5 heterocycles. The van der Waals surface area contributed by atoms with Crippen molar-refractivity contribution in [2.45, 2.75) is 0 Å². The standard InChI is InChI=1S/C45H27N5O2S/c1-3-11-28(12-4-1)49(30-19-21-39-35(23-30)33-15-7-9-17-37(33)51-39)32-25-41-43(46-26-32)44-45(53-41)48-42(27-47-44)50(29-13-5-2-6-14-29)31-20-22-40-36(24-31)34-16-8-10-18-38(34)52-40/h1-27H. The number of para-hydroxylation sites is 4. The highest BCUT2D eigenvalue weighted by atomic mass is 32.1. The minimum atomic E-state index is 0.717. The van der Waals surface area contributed by atoms with Gasteiger partial charge in [0.05, 0.1) is 22.8 Å². The fourth-order valence-electron chi connectivity index (χ4n) is 7.34. The van der Waals surface area contributed by atoms with E-state index in [0.717, 1.165) is 92.9 Å². The molecule has 5 aromatic heterocycles. The van der Waals surface area contributed by atoms with E-state index in [1.165, 1.54) is 0 Å². The third-order valence-corrected chi connectivity index (χ3v) is 10.8. The van der Waals surface area contributed by atoms with Crippen LogP contribution in [0.2, 0.25) is 0 Å². The SMILES string of the molecule is c1ccc(N(c2cnc3c(c2)sc2nc(N(c4ccccc4)c4ccc5oc6ccccc6c5c4)cnc23)c2ccc3oc4ccccc4c3c2)cc1. The van der Waals surface area contributed by atoms with E-state index < -0.39 is 0 Å². The number of anilines is 6. The summed E-state index contributed by atoms with van der Waals surface area (Å²) in [6.45, 7) is 0. The Labute approximate surface area is 306 Å². The summed E-state index contributed by atoms with van der Waals surface area (Å²) in [5.41, 5.74) is 9.98. The topological polar surface area (TPSA) is 71.4 Å². The van der Waals surface area contributed by atoms with Crippen LogP contribution < -0.4 is 9.80 Å². The predicted molar refractivity (Wildman–Crippen MR) is 217 cm³/mol. The molecule has 0 saturated carbocycles. The van der Waals surface area contributed by atoms with Crippen molar-refractivity contribution >= 4 is 110 Å². The van der Waals surface area contributed by atoms with E-state index in [1.54, 1.807) is 11.3 Å². The van der Waals surface area contributed by atoms with E-state index in [1.807, 2.05) is 85.2 Å².